The van der Waals surface area contributed by atoms with Crippen LogP contribution in [0.5, 0.6) is 0 Å². The first-order valence-electron chi connectivity index (χ1n) is 11.9. The van der Waals surface area contributed by atoms with Crippen molar-refractivity contribution < 1.29 is 9.59 Å². The third kappa shape index (κ3) is 3.92. The smallest absolute Gasteiger partial charge is 0.317 e. The van der Waals surface area contributed by atoms with Crippen molar-refractivity contribution in [3.05, 3.63) is 63.3 Å². The molecule has 3 aliphatic heterocycles. The van der Waals surface area contributed by atoms with Gasteiger partial charge in [-0.25, -0.2) is 9.78 Å². The first-order chi connectivity index (χ1) is 15.9. The van der Waals surface area contributed by atoms with Crippen molar-refractivity contribution in [2.24, 2.45) is 0 Å². The Labute approximate surface area is 193 Å². The van der Waals surface area contributed by atoms with Crippen LogP contribution in [0.2, 0.25) is 0 Å². The SMILES string of the molecule is CC(C)NC(=O)N1CC[C@]2(CCn3c2nc2c(c3=O)CN(C(=O)Cc3ccccc3)CC2)C1. The van der Waals surface area contributed by atoms with Gasteiger partial charge in [0.15, 0.2) is 0 Å². The second-order valence-electron chi connectivity index (χ2n) is 9.85. The number of urea groups is 1. The van der Waals surface area contributed by atoms with E-state index in [4.69, 9.17) is 4.98 Å². The molecule has 0 aliphatic carbocycles. The molecule has 1 N–H and O–H groups in total. The van der Waals surface area contributed by atoms with E-state index >= 15 is 0 Å². The number of fused-ring (bicyclic) bond motifs is 3. The first kappa shape index (κ1) is 21.7. The monoisotopic (exact) mass is 449 g/mol. The molecule has 1 atom stereocenters. The van der Waals surface area contributed by atoms with E-state index in [0.717, 1.165) is 29.9 Å². The lowest BCUT2D eigenvalue weighted by Gasteiger charge is -2.30. The largest absolute Gasteiger partial charge is 0.337 e. The van der Waals surface area contributed by atoms with Crippen molar-refractivity contribution in [3.63, 3.8) is 0 Å². The molecule has 1 saturated heterocycles. The molecular weight excluding hydrogens is 418 g/mol. The quantitative estimate of drug-likeness (QED) is 0.775. The predicted octanol–water partition coefficient (Wildman–Crippen LogP) is 1.84. The van der Waals surface area contributed by atoms with Gasteiger partial charge in [-0.3, -0.25) is 14.2 Å². The van der Waals surface area contributed by atoms with Crippen LogP contribution in [-0.4, -0.2) is 57.0 Å². The Balaban J connectivity index is 1.36. The minimum Gasteiger partial charge on any atom is -0.337 e. The van der Waals surface area contributed by atoms with Crippen LogP contribution >= 0.6 is 0 Å². The van der Waals surface area contributed by atoms with Crippen LogP contribution in [0.25, 0.3) is 0 Å². The van der Waals surface area contributed by atoms with Gasteiger partial charge in [0.2, 0.25) is 5.91 Å². The topological polar surface area (TPSA) is 87.5 Å². The Bertz CT molecular complexity index is 1140. The molecule has 1 aromatic heterocycles. The van der Waals surface area contributed by atoms with Crippen molar-refractivity contribution in [2.45, 2.75) is 64.1 Å². The summed E-state index contributed by atoms with van der Waals surface area (Å²) >= 11 is 0. The highest BCUT2D eigenvalue weighted by molar-refractivity contribution is 5.79. The van der Waals surface area contributed by atoms with Crippen molar-refractivity contribution >= 4 is 11.9 Å². The Morgan fingerprint density at radius 3 is 2.61 bits per heavy atom. The maximum Gasteiger partial charge on any atom is 0.317 e. The minimum absolute atomic E-state index is 0.0193. The molecule has 0 unspecified atom stereocenters. The van der Waals surface area contributed by atoms with Crippen LogP contribution in [-0.2, 0) is 36.1 Å². The molecule has 4 heterocycles. The Kier molecular flexibility index (Phi) is 5.46. The van der Waals surface area contributed by atoms with Gasteiger partial charge in [0.05, 0.1) is 24.2 Å². The number of amides is 3. The van der Waals surface area contributed by atoms with Gasteiger partial charge < -0.3 is 15.1 Å². The van der Waals surface area contributed by atoms with Crippen LogP contribution in [0.3, 0.4) is 0 Å². The molecule has 0 bridgehead atoms. The number of aromatic nitrogens is 2. The molecule has 1 aromatic carbocycles. The number of likely N-dealkylation sites (tertiary alicyclic amines) is 1. The molecule has 2 aromatic rings. The molecule has 1 spiro atoms. The Hall–Kier alpha value is -3.16. The zero-order valence-corrected chi connectivity index (χ0v) is 19.3. The number of nitrogens with zero attached hydrogens (tertiary/aromatic N) is 4. The molecule has 8 nitrogen and oxygen atoms in total. The predicted molar refractivity (Wildman–Crippen MR) is 124 cm³/mol. The number of hydrogen-bond donors (Lipinski definition) is 1. The zero-order valence-electron chi connectivity index (χ0n) is 19.3. The standard InChI is InChI=1S/C25H31N5O3/c1-17(2)26-24(33)29-12-9-25(16-29)10-13-30-22(32)19-15-28(11-8-20(19)27-23(25)30)21(31)14-18-6-4-3-5-7-18/h3-7,17H,8-16H2,1-2H3,(H,26,33)/t25-/m0/s1. The Morgan fingerprint density at radius 2 is 1.85 bits per heavy atom. The summed E-state index contributed by atoms with van der Waals surface area (Å²) in [6.07, 6.45) is 2.57. The van der Waals surface area contributed by atoms with Crippen LogP contribution < -0.4 is 10.9 Å². The average Bonchev–Trinajstić information content (AvgIpc) is 3.39. The lowest BCUT2D eigenvalue weighted by molar-refractivity contribution is -0.131. The summed E-state index contributed by atoms with van der Waals surface area (Å²) in [5.41, 5.74) is 2.18. The van der Waals surface area contributed by atoms with Gasteiger partial charge in [-0.05, 0) is 32.3 Å². The molecule has 8 heteroatoms. The van der Waals surface area contributed by atoms with Gasteiger partial charge in [-0.2, -0.15) is 0 Å². The first-order valence-corrected chi connectivity index (χ1v) is 11.9. The maximum absolute atomic E-state index is 13.4. The zero-order chi connectivity index (χ0) is 23.2. The lowest BCUT2D eigenvalue weighted by atomic mass is 9.85. The summed E-state index contributed by atoms with van der Waals surface area (Å²) in [6.45, 7) is 6.69. The number of hydrogen-bond acceptors (Lipinski definition) is 4. The van der Waals surface area contributed by atoms with Crippen LogP contribution in [0.4, 0.5) is 4.79 Å². The molecule has 3 aliphatic rings. The van der Waals surface area contributed by atoms with E-state index in [-0.39, 0.29) is 29.0 Å². The van der Waals surface area contributed by atoms with Crippen LogP contribution in [0, 0.1) is 0 Å². The molecule has 33 heavy (non-hydrogen) atoms. The molecular formula is C25H31N5O3. The molecule has 174 valence electrons. The van der Waals surface area contributed by atoms with E-state index in [1.54, 1.807) is 9.47 Å². The second kappa shape index (κ2) is 8.32. The summed E-state index contributed by atoms with van der Waals surface area (Å²) in [7, 11) is 0. The van der Waals surface area contributed by atoms with Crippen molar-refractivity contribution in [2.75, 3.05) is 19.6 Å². The van der Waals surface area contributed by atoms with Crippen LogP contribution in [0.15, 0.2) is 35.1 Å². The number of carbonyl (C=O) groups excluding carboxylic acids is 2. The fourth-order valence-electron chi connectivity index (χ4n) is 5.43. The molecule has 0 radical (unpaired) electrons. The summed E-state index contributed by atoms with van der Waals surface area (Å²) in [6, 6.07) is 9.74. The maximum atomic E-state index is 13.4. The van der Waals surface area contributed by atoms with E-state index in [9.17, 15) is 14.4 Å². The Morgan fingerprint density at radius 1 is 1.09 bits per heavy atom. The van der Waals surface area contributed by atoms with Crippen molar-refractivity contribution in [1.82, 2.24) is 24.7 Å². The lowest BCUT2D eigenvalue weighted by Crippen LogP contribution is -2.44. The normalized spacial score (nSPS) is 21.4. The third-order valence-electron chi connectivity index (χ3n) is 7.21. The fourth-order valence-corrected chi connectivity index (χ4v) is 5.43. The highest BCUT2D eigenvalue weighted by Gasteiger charge is 2.48. The summed E-state index contributed by atoms with van der Waals surface area (Å²) in [4.78, 5) is 47.4. The average molecular weight is 450 g/mol. The molecule has 5 rings (SSSR count). The number of benzene rings is 1. The van der Waals surface area contributed by atoms with E-state index in [1.807, 2.05) is 49.1 Å². The molecule has 0 saturated carbocycles. The van der Waals surface area contributed by atoms with Crippen molar-refractivity contribution in [1.29, 1.82) is 0 Å². The second-order valence-corrected chi connectivity index (χ2v) is 9.85. The molecule has 3 amide bonds. The van der Waals surface area contributed by atoms with Crippen LogP contribution in [0.1, 0.15) is 49.3 Å². The molecule has 1 fully saturated rings. The minimum atomic E-state index is -0.247. The van der Waals surface area contributed by atoms with Gasteiger partial charge in [0.1, 0.15) is 5.82 Å². The van der Waals surface area contributed by atoms with E-state index in [2.05, 4.69) is 5.32 Å². The highest BCUT2D eigenvalue weighted by Crippen LogP contribution is 2.41. The number of nitrogens with one attached hydrogen (secondary N) is 1. The van der Waals surface area contributed by atoms with Gasteiger partial charge in [0, 0.05) is 44.1 Å². The van der Waals surface area contributed by atoms with Gasteiger partial charge in [0.25, 0.3) is 5.56 Å². The van der Waals surface area contributed by atoms with Gasteiger partial charge in [-0.1, -0.05) is 30.3 Å². The summed E-state index contributed by atoms with van der Waals surface area (Å²) < 4.78 is 1.80. The highest BCUT2D eigenvalue weighted by atomic mass is 16.2. The van der Waals surface area contributed by atoms with E-state index < -0.39 is 0 Å². The van der Waals surface area contributed by atoms with Gasteiger partial charge >= 0.3 is 6.03 Å². The fraction of sp³-hybridized carbons (Fsp3) is 0.520. The number of carbonyl (C=O) groups is 2. The third-order valence-corrected chi connectivity index (χ3v) is 7.21. The summed E-state index contributed by atoms with van der Waals surface area (Å²) in [5, 5.41) is 2.97. The van der Waals surface area contributed by atoms with E-state index in [0.29, 0.717) is 51.1 Å². The number of rotatable bonds is 3. The summed E-state index contributed by atoms with van der Waals surface area (Å²) in [5.74, 6) is 0.867. The van der Waals surface area contributed by atoms with Crippen molar-refractivity contribution in [3.8, 4) is 0 Å². The van der Waals surface area contributed by atoms with Gasteiger partial charge in [-0.15, -0.1) is 0 Å². The van der Waals surface area contributed by atoms with E-state index in [1.165, 1.54) is 0 Å².